The number of nitrogens with zero attached hydrogens (tertiary/aromatic N) is 4. The van der Waals surface area contributed by atoms with Gasteiger partial charge in [-0.1, -0.05) is 176 Å². The van der Waals surface area contributed by atoms with Crippen LogP contribution >= 0.6 is 0 Å². The van der Waals surface area contributed by atoms with Crippen LogP contribution in [0.5, 0.6) is 0 Å². The quantitative estimate of drug-likeness (QED) is 0.136. The molecule has 3 aromatic heterocycles. The molecule has 0 bridgehead atoms. The van der Waals surface area contributed by atoms with Crippen LogP contribution in [-0.2, 0) is 0 Å². The van der Waals surface area contributed by atoms with E-state index in [-0.39, 0.29) is 0 Å². The van der Waals surface area contributed by atoms with Gasteiger partial charge in [0.1, 0.15) is 0 Å². The van der Waals surface area contributed by atoms with Gasteiger partial charge in [-0.25, -0.2) is 9.97 Å². The minimum Gasteiger partial charge on any atom is -0.310 e. The molecule has 63 heavy (non-hydrogen) atoms. The molecule has 0 aliphatic rings. The van der Waals surface area contributed by atoms with E-state index >= 15 is 0 Å². The molecule has 298 valence electrons. The SMILES string of the molecule is C=C(/C=C\C=C(/C)c1cccc(-c2cc(-c3ccc(-c4ccccc4)cc3)nc(-c3cccc(-n4c5ccccc5c5ccccc54)c3)n2)c1)n1c2ccccc2c2ccccc21. The zero-order valence-corrected chi connectivity index (χ0v) is 34.9. The number of fused-ring (bicyclic) bond motifs is 6. The Labute approximate surface area is 366 Å². The van der Waals surface area contributed by atoms with Gasteiger partial charge in [-0.05, 0) is 83.8 Å². The number of aromatic nitrogens is 4. The summed E-state index contributed by atoms with van der Waals surface area (Å²) in [6.07, 6.45) is 6.34. The number of rotatable bonds is 9. The topological polar surface area (TPSA) is 35.6 Å². The van der Waals surface area contributed by atoms with Gasteiger partial charge in [-0.2, -0.15) is 0 Å². The lowest BCUT2D eigenvalue weighted by molar-refractivity contribution is 1.16. The Kier molecular flexibility index (Phi) is 9.52. The van der Waals surface area contributed by atoms with E-state index in [1.165, 1.54) is 27.1 Å². The zero-order chi connectivity index (χ0) is 42.3. The van der Waals surface area contributed by atoms with Crippen LogP contribution in [0.15, 0.2) is 231 Å². The van der Waals surface area contributed by atoms with Crippen molar-refractivity contribution in [3.8, 4) is 50.7 Å². The van der Waals surface area contributed by atoms with E-state index in [9.17, 15) is 0 Å². The first-order valence-corrected chi connectivity index (χ1v) is 21.3. The Hall–Kier alpha value is -8.34. The van der Waals surface area contributed by atoms with Crippen molar-refractivity contribution in [1.82, 2.24) is 19.1 Å². The standard InChI is InChI=1S/C59H42N4/c1-40(17-14-18-41(2)62-55-29-10-6-25-49(55)50-26-7-11-30-56(50)62)45-21-15-22-46(37-45)54-39-53(44-35-33-43(34-36-44)42-19-4-3-5-20-42)60-59(61-54)47-23-16-24-48(38-47)63-57-31-12-8-27-51(57)52-28-9-13-32-58(52)63/h3-39H,2H2,1H3/b18-14-,40-17+. The summed E-state index contributed by atoms with van der Waals surface area (Å²) in [6, 6.07) is 72.7. The van der Waals surface area contributed by atoms with Crippen LogP contribution < -0.4 is 0 Å². The molecular formula is C59H42N4. The summed E-state index contributed by atoms with van der Waals surface area (Å²) in [7, 11) is 0. The molecule has 0 fully saturated rings. The Bertz CT molecular complexity index is 3480. The minimum atomic E-state index is 0.668. The highest BCUT2D eigenvalue weighted by Gasteiger charge is 2.16. The molecule has 4 heteroatoms. The minimum absolute atomic E-state index is 0.668. The summed E-state index contributed by atoms with van der Waals surface area (Å²) in [5, 5.41) is 4.90. The van der Waals surface area contributed by atoms with Crippen molar-refractivity contribution in [2.45, 2.75) is 6.92 Å². The molecule has 0 aliphatic heterocycles. The number of para-hydroxylation sites is 4. The van der Waals surface area contributed by atoms with Crippen molar-refractivity contribution in [3.63, 3.8) is 0 Å². The van der Waals surface area contributed by atoms with Crippen molar-refractivity contribution in [2.24, 2.45) is 0 Å². The highest BCUT2D eigenvalue weighted by molar-refractivity contribution is 6.11. The second-order valence-corrected chi connectivity index (χ2v) is 16.0. The molecule has 0 spiro atoms. The molecule has 3 heterocycles. The van der Waals surface area contributed by atoms with Gasteiger partial charge >= 0.3 is 0 Å². The molecule has 11 aromatic rings. The molecule has 0 saturated carbocycles. The summed E-state index contributed by atoms with van der Waals surface area (Å²) in [5.74, 6) is 0.668. The fourth-order valence-corrected chi connectivity index (χ4v) is 8.95. The molecule has 0 aliphatic carbocycles. The number of hydrogen-bond donors (Lipinski definition) is 0. The van der Waals surface area contributed by atoms with E-state index in [2.05, 4.69) is 241 Å². The molecule has 0 atom stereocenters. The molecule has 0 saturated heterocycles. The number of hydrogen-bond acceptors (Lipinski definition) is 2. The molecular weight excluding hydrogens is 765 g/mol. The molecule has 0 radical (unpaired) electrons. The Morgan fingerprint density at radius 3 is 1.59 bits per heavy atom. The zero-order valence-electron chi connectivity index (χ0n) is 34.9. The van der Waals surface area contributed by atoms with E-state index < -0.39 is 0 Å². The lowest BCUT2D eigenvalue weighted by atomic mass is 10.00. The van der Waals surface area contributed by atoms with Crippen LogP contribution in [0.3, 0.4) is 0 Å². The van der Waals surface area contributed by atoms with Crippen LogP contribution in [0, 0.1) is 0 Å². The van der Waals surface area contributed by atoms with Crippen molar-refractivity contribution >= 4 is 54.9 Å². The van der Waals surface area contributed by atoms with E-state index in [1.54, 1.807) is 0 Å². The van der Waals surface area contributed by atoms with E-state index in [1.807, 2.05) is 6.07 Å². The first kappa shape index (κ1) is 37.6. The van der Waals surface area contributed by atoms with Gasteiger partial charge in [0.15, 0.2) is 5.82 Å². The summed E-state index contributed by atoms with van der Waals surface area (Å²) >= 11 is 0. The van der Waals surface area contributed by atoms with Crippen LogP contribution in [0.25, 0.3) is 106 Å². The van der Waals surface area contributed by atoms with Crippen molar-refractivity contribution < 1.29 is 0 Å². The predicted molar refractivity (Wildman–Crippen MR) is 266 cm³/mol. The second kappa shape index (κ2) is 15.9. The van der Waals surface area contributed by atoms with Gasteiger partial charge in [0.2, 0.25) is 0 Å². The smallest absolute Gasteiger partial charge is 0.160 e. The normalized spacial score (nSPS) is 12.0. The molecule has 0 N–H and O–H groups in total. The summed E-state index contributed by atoms with van der Waals surface area (Å²) in [4.78, 5) is 10.6. The summed E-state index contributed by atoms with van der Waals surface area (Å²) < 4.78 is 4.58. The monoisotopic (exact) mass is 806 g/mol. The average molecular weight is 807 g/mol. The third-order valence-electron chi connectivity index (χ3n) is 12.1. The fraction of sp³-hybridized carbons (Fsp3) is 0.0169. The molecule has 0 amide bonds. The van der Waals surface area contributed by atoms with E-state index in [0.29, 0.717) is 5.82 Å². The summed E-state index contributed by atoms with van der Waals surface area (Å²) in [5.41, 5.74) is 15.9. The van der Waals surface area contributed by atoms with Crippen LogP contribution in [-0.4, -0.2) is 19.1 Å². The van der Waals surface area contributed by atoms with E-state index in [4.69, 9.17) is 9.97 Å². The lowest BCUT2D eigenvalue weighted by Crippen LogP contribution is -1.98. The van der Waals surface area contributed by atoms with Gasteiger partial charge in [0, 0.05) is 49.6 Å². The Morgan fingerprint density at radius 2 is 0.937 bits per heavy atom. The largest absolute Gasteiger partial charge is 0.310 e. The number of allylic oxidation sites excluding steroid dienone is 5. The first-order chi connectivity index (χ1) is 31.1. The maximum atomic E-state index is 5.31. The van der Waals surface area contributed by atoms with Crippen LogP contribution in [0.1, 0.15) is 12.5 Å². The molecule has 8 aromatic carbocycles. The van der Waals surface area contributed by atoms with Gasteiger partial charge in [-0.15, -0.1) is 0 Å². The van der Waals surface area contributed by atoms with Gasteiger partial charge in [0.25, 0.3) is 0 Å². The third-order valence-corrected chi connectivity index (χ3v) is 12.1. The van der Waals surface area contributed by atoms with Crippen molar-refractivity contribution in [3.05, 3.63) is 237 Å². The predicted octanol–water partition coefficient (Wildman–Crippen LogP) is 15.5. The molecule has 4 nitrogen and oxygen atoms in total. The Morgan fingerprint density at radius 1 is 0.444 bits per heavy atom. The summed E-state index contributed by atoms with van der Waals surface area (Å²) in [6.45, 7) is 6.64. The first-order valence-electron chi connectivity index (χ1n) is 21.3. The maximum absolute atomic E-state index is 5.31. The molecule has 0 unspecified atom stereocenters. The van der Waals surface area contributed by atoms with E-state index in [0.717, 1.165) is 78.2 Å². The highest BCUT2D eigenvalue weighted by Crippen LogP contribution is 2.36. The second-order valence-electron chi connectivity index (χ2n) is 16.0. The number of benzene rings is 8. The van der Waals surface area contributed by atoms with Crippen molar-refractivity contribution in [2.75, 3.05) is 0 Å². The van der Waals surface area contributed by atoms with Crippen LogP contribution in [0.4, 0.5) is 0 Å². The van der Waals surface area contributed by atoms with Gasteiger partial charge < -0.3 is 9.13 Å². The fourth-order valence-electron chi connectivity index (χ4n) is 8.95. The third kappa shape index (κ3) is 6.94. The maximum Gasteiger partial charge on any atom is 0.160 e. The lowest BCUT2D eigenvalue weighted by Gasteiger charge is -2.13. The van der Waals surface area contributed by atoms with Crippen LogP contribution in [0.2, 0.25) is 0 Å². The average Bonchev–Trinajstić information content (AvgIpc) is 3.87. The van der Waals surface area contributed by atoms with Crippen molar-refractivity contribution in [1.29, 1.82) is 0 Å². The highest BCUT2D eigenvalue weighted by atomic mass is 15.0. The van der Waals surface area contributed by atoms with Gasteiger partial charge in [0.05, 0.1) is 33.5 Å². The molecule has 11 rings (SSSR count). The Balaban J connectivity index is 0.973. The van der Waals surface area contributed by atoms with Gasteiger partial charge in [-0.3, -0.25) is 0 Å².